The maximum Gasteiger partial charge on any atom is 0.153 e. The minimum atomic E-state index is 0.420. The number of aromatic nitrogens is 3. The van der Waals surface area contributed by atoms with Crippen molar-refractivity contribution in [1.29, 1.82) is 0 Å². The Morgan fingerprint density at radius 1 is 1.23 bits per heavy atom. The number of hydrogen-bond acceptors (Lipinski definition) is 2. The summed E-state index contributed by atoms with van der Waals surface area (Å²) in [6, 6.07) is 0. The highest BCUT2D eigenvalue weighted by Crippen LogP contribution is 2.10. The van der Waals surface area contributed by atoms with E-state index in [4.69, 9.17) is 0 Å². The van der Waals surface area contributed by atoms with Crippen molar-refractivity contribution in [2.45, 2.75) is 46.5 Å². The number of nitrogens with one attached hydrogen (secondary N) is 1. The van der Waals surface area contributed by atoms with Crippen LogP contribution < -0.4 is 0 Å². The summed E-state index contributed by atoms with van der Waals surface area (Å²) in [6.45, 7) is 8.66. The van der Waals surface area contributed by atoms with Crippen molar-refractivity contribution < 1.29 is 0 Å². The summed E-state index contributed by atoms with van der Waals surface area (Å²) in [5.74, 6) is 3.10. The Kier molecular flexibility index (Phi) is 3.46. The van der Waals surface area contributed by atoms with Gasteiger partial charge in [0.1, 0.15) is 5.82 Å². The molecule has 74 valence electrons. The van der Waals surface area contributed by atoms with E-state index in [1.807, 2.05) is 0 Å². The van der Waals surface area contributed by atoms with Crippen LogP contribution in [0.15, 0.2) is 0 Å². The summed E-state index contributed by atoms with van der Waals surface area (Å²) < 4.78 is 0. The summed E-state index contributed by atoms with van der Waals surface area (Å²) in [7, 11) is 0. The van der Waals surface area contributed by atoms with Crippen molar-refractivity contribution in [3.05, 3.63) is 11.6 Å². The van der Waals surface area contributed by atoms with Gasteiger partial charge in [-0.1, -0.05) is 27.7 Å². The molecule has 3 heteroatoms. The van der Waals surface area contributed by atoms with Gasteiger partial charge in [0.15, 0.2) is 5.82 Å². The van der Waals surface area contributed by atoms with Crippen LogP contribution in [-0.4, -0.2) is 15.2 Å². The van der Waals surface area contributed by atoms with Gasteiger partial charge in [-0.25, -0.2) is 4.98 Å². The summed E-state index contributed by atoms with van der Waals surface area (Å²) in [4.78, 5) is 4.42. The van der Waals surface area contributed by atoms with Crippen molar-refractivity contribution >= 4 is 0 Å². The summed E-state index contributed by atoms with van der Waals surface area (Å²) in [5, 5.41) is 7.14. The lowest BCUT2D eigenvalue weighted by Crippen LogP contribution is -1.94. The van der Waals surface area contributed by atoms with Gasteiger partial charge in [0.2, 0.25) is 0 Å². The zero-order valence-electron chi connectivity index (χ0n) is 8.96. The number of nitrogens with zero attached hydrogens (tertiary/aromatic N) is 2. The van der Waals surface area contributed by atoms with E-state index in [0.29, 0.717) is 5.92 Å². The molecule has 0 atom stereocenters. The molecule has 0 fully saturated rings. The van der Waals surface area contributed by atoms with Crippen molar-refractivity contribution in [2.75, 3.05) is 0 Å². The molecule has 0 aliphatic heterocycles. The Morgan fingerprint density at radius 3 is 2.38 bits per heavy atom. The maximum atomic E-state index is 4.42. The predicted molar refractivity (Wildman–Crippen MR) is 53.6 cm³/mol. The minimum Gasteiger partial charge on any atom is -0.263 e. The van der Waals surface area contributed by atoms with Gasteiger partial charge in [-0.05, 0) is 12.3 Å². The molecule has 0 saturated heterocycles. The fraction of sp³-hybridized carbons (Fsp3) is 0.800. The Labute approximate surface area is 80.0 Å². The van der Waals surface area contributed by atoms with Crippen LogP contribution in [0.1, 0.15) is 51.7 Å². The highest BCUT2D eigenvalue weighted by atomic mass is 15.2. The number of rotatable bonds is 4. The van der Waals surface area contributed by atoms with Crippen LogP contribution in [0.4, 0.5) is 0 Å². The lowest BCUT2D eigenvalue weighted by atomic mass is 10.1. The van der Waals surface area contributed by atoms with Crippen molar-refractivity contribution in [3.63, 3.8) is 0 Å². The third-order valence-corrected chi connectivity index (χ3v) is 2.02. The highest BCUT2D eigenvalue weighted by Gasteiger charge is 2.06. The first-order chi connectivity index (χ1) is 6.09. The van der Waals surface area contributed by atoms with E-state index < -0.39 is 0 Å². The molecule has 0 radical (unpaired) electrons. The fourth-order valence-corrected chi connectivity index (χ4v) is 1.11. The zero-order chi connectivity index (χ0) is 9.84. The first kappa shape index (κ1) is 10.2. The third-order valence-electron chi connectivity index (χ3n) is 2.02. The molecule has 1 heterocycles. The second-order valence-electron chi connectivity index (χ2n) is 4.23. The molecule has 3 nitrogen and oxygen atoms in total. The standard InChI is InChI=1S/C10H19N3/c1-7(2)5-6-9-11-10(8(3)4)13-12-9/h7-8H,5-6H2,1-4H3,(H,11,12,13). The van der Waals surface area contributed by atoms with Crippen LogP contribution in [0.5, 0.6) is 0 Å². The Balaban J connectivity index is 2.49. The molecule has 13 heavy (non-hydrogen) atoms. The van der Waals surface area contributed by atoms with Gasteiger partial charge in [-0.15, -0.1) is 0 Å². The average Bonchev–Trinajstić information content (AvgIpc) is 2.48. The zero-order valence-corrected chi connectivity index (χ0v) is 8.96. The summed E-state index contributed by atoms with van der Waals surface area (Å²) >= 11 is 0. The van der Waals surface area contributed by atoms with E-state index in [1.165, 1.54) is 6.42 Å². The second kappa shape index (κ2) is 4.40. The predicted octanol–water partition coefficient (Wildman–Crippen LogP) is 2.52. The molecule has 0 aromatic carbocycles. The maximum absolute atomic E-state index is 4.42. The van der Waals surface area contributed by atoms with Gasteiger partial charge in [-0.2, -0.15) is 5.10 Å². The average molecular weight is 181 g/mol. The van der Waals surface area contributed by atoms with Crippen LogP contribution >= 0.6 is 0 Å². The molecular formula is C10H19N3. The van der Waals surface area contributed by atoms with Crippen LogP contribution in [0, 0.1) is 5.92 Å². The summed E-state index contributed by atoms with van der Waals surface area (Å²) in [6.07, 6.45) is 2.18. The molecule has 1 aromatic rings. The van der Waals surface area contributed by atoms with Crippen LogP contribution in [0.3, 0.4) is 0 Å². The summed E-state index contributed by atoms with van der Waals surface area (Å²) in [5.41, 5.74) is 0. The molecular weight excluding hydrogens is 162 g/mol. The Morgan fingerprint density at radius 2 is 1.92 bits per heavy atom. The molecule has 1 rings (SSSR count). The van der Waals surface area contributed by atoms with Crippen molar-refractivity contribution in [3.8, 4) is 0 Å². The second-order valence-corrected chi connectivity index (χ2v) is 4.23. The number of H-pyrrole nitrogens is 1. The largest absolute Gasteiger partial charge is 0.263 e. The highest BCUT2D eigenvalue weighted by molar-refractivity contribution is 4.94. The van der Waals surface area contributed by atoms with Gasteiger partial charge in [0.25, 0.3) is 0 Å². The van der Waals surface area contributed by atoms with E-state index in [0.717, 1.165) is 24.0 Å². The lowest BCUT2D eigenvalue weighted by molar-refractivity contribution is 0.575. The topological polar surface area (TPSA) is 41.6 Å². The number of aryl methyl sites for hydroxylation is 1. The SMILES string of the molecule is CC(C)CCc1nc(C(C)C)n[nH]1. The molecule has 1 aromatic heterocycles. The first-order valence-electron chi connectivity index (χ1n) is 5.00. The fourth-order valence-electron chi connectivity index (χ4n) is 1.11. The molecule has 0 unspecified atom stereocenters. The van der Waals surface area contributed by atoms with Gasteiger partial charge < -0.3 is 0 Å². The molecule has 0 bridgehead atoms. The quantitative estimate of drug-likeness (QED) is 0.775. The molecule has 0 amide bonds. The van der Waals surface area contributed by atoms with Gasteiger partial charge in [-0.3, -0.25) is 5.10 Å². The Hall–Kier alpha value is -0.860. The van der Waals surface area contributed by atoms with Crippen LogP contribution in [0.25, 0.3) is 0 Å². The van der Waals surface area contributed by atoms with E-state index in [9.17, 15) is 0 Å². The molecule has 1 N–H and O–H groups in total. The molecule has 0 aliphatic carbocycles. The third kappa shape index (κ3) is 3.17. The van der Waals surface area contributed by atoms with Crippen molar-refractivity contribution in [1.82, 2.24) is 15.2 Å². The van der Waals surface area contributed by atoms with Crippen LogP contribution in [0.2, 0.25) is 0 Å². The lowest BCUT2D eigenvalue weighted by Gasteiger charge is -2.00. The van der Waals surface area contributed by atoms with E-state index in [-0.39, 0.29) is 0 Å². The Bertz CT molecular complexity index is 250. The molecule has 0 spiro atoms. The number of hydrogen-bond donors (Lipinski definition) is 1. The van der Waals surface area contributed by atoms with E-state index >= 15 is 0 Å². The van der Waals surface area contributed by atoms with Gasteiger partial charge >= 0.3 is 0 Å². The van der Waals surface area contributed by atoms with E-state index in [1.54, 1.807) is 0 Å². The van der Waals surface area contributed by atoms with Crippen LogP contribution in [-0.2, 0) is 6.42 Å². The van der Waals surface area contributed by atoms with Gasteiger partial charge in [0.05, 0.1) is 0 Å². The number of aromatic amines is 1. The monoisotopic (exact) mass is 181 g/mol. The molecule has 0 saturated carbocycles. The molecule has 0 aliphatic rings. The minimum absolute atomic E-state index is 0.420. The first-order valence-corrected chi connectivity index (χ1v) is 5.00. The van der Waals surface area contributed by atoms with Crippen molar-refractivity contribution in [2.24, 2.45) is 5.92 Å². The van der Waals surface area contributed by atoms with Gasteiger partial charge in [0, 0.05) is 12.3 Å². The normalized spacial score (nSPS) is 11.5. The van der Waals surface area contributed by atoms with E-state index in [2.05, 4.69) is 42.9 Å². The smallest absolute Gasteiger partial charge is 0.153 e.